The molecule has 2 nitrogen and oxygen atoms in total. The topological polar surface area (TPSA) is 24.9 Å². The predicted molar refractivity (Wildman–Crippen MR) is 76.8 cm³/mol. The molecule has 0 aliphatic rings. The van der Waals surface area contributed by atoms with Gasteiger partial charge in [0.15, 0.2) is 0 Å². The molecule has 1 aromatic heterocycles. The van der Waals surface area contributed by atoms with Crippen LogP contribution in [0.3, 0.4) is 0 Å². The third-order valence-corrected chi connectivity index (χ3v) is 3.51. The van der Waals surface area contributed by atoms with Gasteiger partial charge in [0.25, 0.3) is 0 Å². The molecule has 0 radical (unpaired) electrons. The minimum Gasteiger partial charge on any atom is -0.313 e. The molecule has 2 aromatic rings. The van der Waals surface area contributed by atoms with Crippen molar-refractivity contribution in [2.75, 3.05) is 6.54 Å². The van der Waals surface area contributed by atoms with Crippen molar-refractivity contribution >= 4 is 11.8 Å². The first-order valence-corrected chi connectivity index (χ1v) is 7.18. The average molecular weight is 276 g/mol. The Bertz CT molecular complexity index is 514. The van der Waals surface area contributed by atoms with Crippen molar-refractivity contribution in [2.24, 2.45) is 0 Å². The molecule has 0 saturated carbocycles. The quantitative estimate of drug-likeness (QED) is 0.811. The molecule has 0 amide bonds. The highest BCUT2D eigenvalue weighted by molar-refractivity contribution is 7.99. The molecule has 0 aliphatic heterocycles. The van der Waals surface area contributed by atoms with E-state index in [0.29, 0.717) is 0 Å². The third kappa shape index (κ3) is 4.65. The van der Waals surface area contributed by atoms with Crippen LogP contribution in [0.25, 0.3) is 0 Å². The van der Waals surface area contributed by atoms with Crippen molar-refractivity contribution in [3.05, 3.63) is 54.0 Å². The lowest BCUT2D eigenvalue weighted by Gasteiger charge is -2.04. The number of rotatable bonds is 6. The highest BCUT2D eigenvalue weighted by Gasteiger charge is 2.00. The van der Waals surface area contributed by atoms with Crippen LogP contribution in [0.5, 0.6) is 0 Å². The highest BCUT2D eigenvalue weighted by atomic mass is 32.2. The van der Waals surface area contributed by atoms with Crippen LogP contribution in [0.4, 0.5) is 4.39 Å². The number of nitrogens with one attached hydrogen (secondary N) is 1. The van der Waals surface area contributed by atoms with Crippen LogP contribution in [-0.4, -0.2) is 11.5 Å². The molecule has 0 fully saturated rings. The van der Waals surface area contributed by atoms with Crippen molar-refractivity contribution in [1.29, 1.82) is 0 Å². The normalized spacial score (nSPS) is 10.6. The summed E-state index contributed by atoms with van der Waals surface area (Å²) in [6, 6.07) is 10.6. The van der Waals surface area contributed by atoms with Gasteiger partial charge in [0.05, 0.1) is 0 Å². The molecule has 2 rings (SSSR count). The standard InChI is InChI=1S/C15H17FN2S/c1-2-8-17-10-12-6-7-15(18-11-12)19-14-5-3-4-13(16)9-14/h3-7,9,11,17H,2,8,10H2,1H3. The molecule has 0 bridgehead atoms. The van der Waals surface area contributed by atoms with Gasteiger partial charge in [-0.15, -0.1) is 0 Å². The minimum absolute atomic E-state index is 0.217. The van der Waals surface area contributed by atoms with Crippen LogP contribution >= 0.6 is 11.8 Å². The summed E-state index contributed by atoms with van der Waals surface area (Å²) in [5.41, 5.74) is 1.16. The Balaban J connectivity index is 1.95. The first-order valence-electron chi connectivity index (χ1n) is 6.37. The number of benzene rings is 1. The van der Waals surface area contributed by atoms with Crippen molar-refractivity contribution in [2.45, 2.75) is 29.8 Å². The van der Waals surface area contributed by atoms with Crippen molar-refractivity contribution in [3.63, 3.8) is 0 Å². The molecule has 4 heteroatoms. The number of hydrogen-bond donors (Lipinski definition) is 1. The van der Waals surface area contributed by atoms with Gasteiger partial charge in [-0.05, 0) is 42.8 Å². The van der Waals surface area contributed by atoms with Crippen molar-refractivity contribution in [1.82, 2.24) is 10.3 Å². The second-order valence-corrected chi connectivity index (χ2v) is 5.33. The zero-order chi connectivity index (χ0) is 13.5. The Labute approximate surface area is 117 Å². The zero-order valence-corrected chi connectivity index (χ0v) is 11.7. The molecule has 0 aliphatic carbocycles. The summed E-state index contributed by atoms with van der Waals surface area (Å²) < 4.78 is 13.1. The number of hydrogen-bond acceptors (Lipinski definition) is 3. The van der Waals surface area contributed by atoms with E-state index < -0.39 is 0 Å². The van der Waals surface area contributed by atoms with Gasteiger partial charge < -0.3 is 5.32 Å². The fourth-order valence-corrected chi connectivity index (χ4v) is 2.44. The molecule has 0 saturated heterocycles. The number of pyridine rings is 1. The number of aromatic nitrogens is 1. The van der Waals surface area contributed by atoms with Gasteiger partial charge in [0.1, 0.15) is 10.8 Å². The van der Waals surface area contributed by atoms with Gasteiger partial charge in [-0.3, -0.25) is 0 Å². The van der Waals surface area contributed by atoms with E-state index in [1.165, 1.54) is 23.9 Å². The van der Waals surface area contributed by atoms with E-state index in [4.69, 9.17) is 0 Å². The fraction of sp³-hybridized carbons (Fsp3) is 0.267. The molecule has 0 atom stereocenters. The Morgan fingerprint density at radius 1 is 1.26 bits per heavy atom. The van der Waals surface area contributed by atoms with Crippen LogP contribution in [0, 0.1) is 5.82 Å². The molecule has 1 aromatic carbocycles. The predicted octanol–water partition coefficient (Wildman–Crippen LogP) is 3.87. The Morgan fingerprint density at radius 3 is 2.84 bits per heavy atom. The molecule has 0 spiro atoms. The van der Waals surface area contributed by atoms with Crippen molar-refractivity contribution in [3.8, 4) is 0 Å². The second-order valence-electron chi connectivity index (χ2n) is 4.24. The smallest absolute Gasteiger partial charge is 0.124 e. The summed E-state index contributed by atoms with van der Waals surface area (Å²) in [5.74, 6) is -0.217. The Kier molecular flexibility index (Phi) is 5.36. The Morgan fingerprint density at radius 2 is 2.16 bits per heavy atom. The molecule has 100 valence electrons. The Hall–Kier alpha value is -1.39. The van der Waals surface area contributed by atoms with Gasteiger partial charge in [-0.25, -0.2) is 9.37 Å². The van der Waals surface area contributed by atoms with Crippen LogP contribution in [0.1, 0.15) is 18.9 Å². The number of nitrogens with zero attached hydrogens (tertiary/aromatic N) is 1. The van der Waals surface area contributed by atoms with Crippen LogP contribution in [0.15, 0.2) is 52.5 Å². The maximum absolute atomic E-state index is 13.1. The van der Waals surface area contributed by atoms with E-state index in [1.807, 2.05) is 18.3 Å². The number of halogens is 1. The van der Waals surface area contributed by atoms with E-state index in [2.05, 4.69) is 23.3 Å². The van der Waals surface area contributed by atoms with E-state index in [-0.39, 0.29) is 5.82 Å². The van der Waals surface area contributed by atoms with Crippen LogP contribution in [-0.2, 0) is 6.54 Å². The SMILES string of the molecule is CCCNCc1ccc(Sc2cccc(F)c2)nc1. The maximum Gasteiger partial charge on any atom is 0.124 e. The van der Waals surface area contributed by atoms with E-state index >= 15 is 0 Å². The molecular weight excluding hydrogens is 259 g/mol. The fourth-order valence-electron chi connectivity index (χ4n) is 1.64. The summed E-state index contributed by atoms with van der Waals surface area (Å²) in [6.45, 7) is 4.00. The van der Waals surface area contributed by atoms with Gasteiger partial charge in [-0.1, -0.05) is 30.8 Å². The summed E-state index contributed by atoms with van der Waals surface area (Å²) in [5, 5.41) is 4.21. The lowest BCUT2D eigenvalue weighted by atomic mass is 10.3. The molecule has 19 heavy (non-hydrogen) atoms. The van der Waals surface area contributed by atoms with Crippen LogP contribution in [0.2, 0.25) is 0 Å². The largest absolute Gasteiger partial charge is 0.313 e. The first kappa shape index (κ1) is 14.0. The summed E-state index contributed by atoms with van der Waals surface area (Å²) in [4.78, 5) is 5.25. The first-order chi connectivity index (χ1) is 9.28. The minimum atomic E-state index is -0.217. The maximum atomic E-state index is 13.1. The monoisotopic (exact) mass is 276 g/mol. The zero-order valence-electron chi connectivity index (χ0n) is 10.9. The second kappa shape index (κ2) is 7.26. The molecule has 1 heterocycles. The lowest BCUT2D eigenvalue weighted by Crippen LogP contribution is -2.13. The van der Waals surface area contributed by atoms with E-state index in [9.17, 15) is 4.39 Å². The highest BCUT2D eigenvalue weighted by Crippen LogP contribution is 2.26. The third-order valence-electron chi connectivity index (χ3n) is 2.57. The van der Waals surface area contributed by atoms with Gasteiger partial charge >= 0.3 is 0 Å². The van der Waals surface area contributed by atoms with Gasteiger partial charge in [-0.2, -0.15) is 0 Å². The summed E-state index contributed by atoms with van der Waals surface area (Å²) >= 11 is 1.47. The molecular formula is C15H17FN2S. The van der Waals surface area contributed by atoms with Crippen LogP contribution < -0.4 is 5.32 Å². The molecule has 0 unspecified atom stereocenters. The van der Waals surface area contributed by atoms with Crippen molar-refractivity contribution < 1.29 is 4.39 Å². The molecule has 1 N–H and O–H groups in total. The average Bonchev–Trinajstić information content (AvgIpc) is 2.41. The summed E-state index contributed by atoms with van der Waals surface area (Å²) in [7, 11) is 0. The van der Waals surface area contributed by atoms with Gasteiger partial charge in [0.2, 0.25) is 0 Å². The van der Waals surface area contributed by atoms with Gasteiger partial charge in [0, 0.05) is 17.6 Å². The van der Waals surface area contributed by atoms with E-state index in [0.717, 1.165) is 35.0 Å². The lowest BCUT2D eigenvalue weighted by molar-refractivity contribution is 0.624. The summed E-state index contributed by atoms with van der Waals surface area (Å²) in [6.07, 6.45) is 2.99. The van der Waals surface area contributed by atoms with E-state index in [1.54, 1.807) is 6.07 Å².